The van der Waals surface area contributed by atoms with Gasteiger partial charge >= 0.3 is 5.97 Å². The maximum atomic E-state index is 11.8. The van der Waals surface area contributed by atoms with Crippen molar-refractivity contribution in [2.75, 3.05) is 5.73 Å². The van der Waals surface area contributed by atoms with Gasteiger partial charge in [0.2, 0.25) is 0 Å². The first-order chi connectivity index (χ1) is 10.1. The van der Waals surface area contributed by atoms with Crippen LogP contribution in [-0.2, 0) is 0 Å². The third-order valence-corrected chi connectivity index (χ3v) is 2.74. The topological polar surface area (TPSA) is 105 Å². The fourth-order valence-corrected chi connectivity index (χ4v) is 1.64. The van der Waals surface area contributed by atoms with Crippen molar-refractivity contribution in [2.24, 2.45) is 5.10 Å². The van der Waals surface area contributed by atoms with Crippen LogP contribution >= 0.6 is 0 Å². The molecule has 0 aromatic heterocycles. The number of nitrogens with two attached hydrogens (primary N) is 1. The number of nitrogens with one attached hydrogen (secondary N) is 1. The molecule has 0 aliphatic rings. The lowest BCUT2D eigenvalue weighted by atomic mass is 10.1. The van der Waals surface area contributed by atoms with Crippen LogP contribution in [0.2, 0.25) is 0 Å². The number of carboxylic acids is 1. The Hall–Kier alpha value is -3.15. The van der Waals surface area contributed by atoms with Gasteiger partial charge in [-0.1, -0.05) is 24.3 Å². The number of hydrogen-bond acceptors (Lipinski definition) is 4. The fourth-order valence-electron chi connectivity index (χ4n) is 1.64. The van der Waals surface area contributed by atoms with E-state index in [1.165, 1.54) is 18.3 Å². The zero-order chi connectivity index (χ0) is 15.2. The van der Waals surface area contributed by atoms with E-state index in [1.54, 1.807) is 36.4 Å². The summed E-state index contributed by atoms with van der Waals surface area (Å²) >= 11 is 0. The second-order valence-corrected chi connectivity index (χ2v) is 4.21. The molecule has 21 heavy (non-hydrogen) atoms. The summed E-state index contributed by atoms with van der Waals surface area (Å²) in [6.45, 7) is 0. The molecule has 0 saturated heterocycles. The standard InChI is InChI=1S/C15H13N3O3/c16-13-4-2-1-3-12(13)14(19)18-17-9-10-5-7-11(8-6-10)15(20)21/h1-9H,16H2,(H,18,19)(H,20,21)/b17-9-. The first-order valence-corrected chi connectivity index (χ1v) is 6.09. The Bertz CT molecular complexity index is 694. The van der Waals surface area contributed by atoms with Crippen molar-refractivity contribution in [3.63, 3.8) is 0 Å². The van der Waals surface area contributed by atoms with Crippen molar-refractivity contribution in [1.82, 2.24) is 5.43 Å². The Morgan fingerprint density at radius 1 is 1.10 bits per heavy atom. The first kappa shape index (κ1) is 14.3. The van der Waals surface area contributed by atoms with E-state index in [0.29, 0.717) is 16.8 Å². The molecule has 0 aliphatic heterocycles. The van der Waals surface area contributed by atoms with Crippen molar-refractivity contribution < 1.29 is 14.7 Å². The molecular formula is C15H13N3O3. The number of aromatic carboxylic acids is 1. The van der Waals surface area contributed by atoms with Gasteiger partial charge in [0.25, 0.3) is 5.91 Å². The summed E-state index contributed by atoms with van der Waals surface area (Å²) in [4.78, 5) is 22.5. The molecular weight excluding hydrogens is 270 g/mol. The number of nitrogens with zero attached hydrogens (tertiary/aromatic N) is 1. The lowest BCUT2D eigenvalue weighted by molar-refractivity contribution is 0.0696. The van der Waals surface area contributed by atoms with E-state index in [9.17, 15) is 9.59 Å². The van der Waals surface area contributed by atoms with Gasteiger partial charge in [-0.2, -0.15) is 5.10 Å². The molecule has 0 atom stereocenters. The summed E-state index contributed by atoms with van der Waals surface area (Å²) in [5, 5.41) is 12.6. The van der Waals surface area contributed by atoms with Crippen LogP contribution in [0.3, 0.4) is 0 Å². The Morgan fingerprint density at radius 2 is 1.76 bits per heavy atom. The summed E-state index contributed by atoms with van der Waals surface area (Å²) in [6, 6.07) is 12.8. The molecule has 6 nitrogen and oxygen atoms in total. The molecule has 1 amide bonds. The van der Waals surface area contributed by atoms with Crippen LogP contribution in [0.25, 0.3) is 0 Å². The molecule has 0 bridgehead atoms. The van der Waals surface area contributed by atoms with Crippen LogP contribution in [0, 0.1) is 0 Å². The number of anilines is 1. The highest BCUT2D eigenvalue weighted by atomic mass is 16.4. The van der Waals surface area contributed by atoms with Crippen molar-refractivity contribution in [2.45, 2.75) is 0 Å². The second-order valence-electron chi connectivity index (χ2n) is 4.21. The van der Waals surface area contributed by atoms with Gasteiger partial charge in [0.15, 0.2) is 0 Å². The number of rotatable bonds is 4. The molecule has 0 spiro atoms. The lowest BCUT2D eigenvalue weighted by Gasteiger charge is -2.02. The quantitative estimate of drug-likeness (QED) is 0.451. The fraction of sp³-hybridized carbons (Fsp3) is 0. The van der Waals surface area contributed by atoms with E-state index in [0.717, 1.165) is 0 Å². The molecule has 2 aromatic carbocycles. The Balaban J connectivity index is 2.01. The number of carbonyl (C=O) groups is 2. The van der Waals surface area contributed by atoms with Crippen LogP contribution in [0.4, 0.5) is 5.69 Å². The average Bonchev–Trinajstić information content (AvgIpc) is 2.48. The normalized spacial score (nSPS) is 10.5. The minimum atomic E-state index is -0.994. The number of hydrazone groups is 1. The third kappa shape index (κ3) is 3.66. The minimum absolute atomic E-state index is 0.188. The maximum Gasteiger partial charge on any atom is 0.335 e. The molecule has 0 aliphatic carbocycles. The van der Waals surface area contributed by atoms with Gasteiger partial charge in [-0.3, -0.25) is 4.79 Å². The molecule has 0 heterocycles. The number of benzene rings is 2. The molecule has 4 N–H and O–H groups in total. The smallest absolute Gasteiger partial charge is 0.335 e. The predicted octanol–water partition coefficient (Wildman–Crippen LogP) is 1.73. The lowest BCUT2D eigenvalue weighted by Crippen LogP contribution is -2.19. The van der Waals surface area contributed by atoms with Crippen molar-refractivity contribution in [3.8, 4) is 0 Å². The van der Waals surface area contributed by atoms with E-state index in [2.05, 4.69) is 10.5 Å². The van der Waals surface area contributed by atoms with E-state index in [1.807, 2.05) is 0 Å². The van der Waals surface area contributed by atoms with Crippen LogP contribution in [0.1, 0.15) is 26.3 Å². The Kier molecular flexibility index (Phi) is 4.30. The molecule has 0 radical (unpaired) electrons. The number of para-hydroxylation sites is 1. The van der Waals surface area contributed by atoms with Gasteiger partial charge in [-0.15, -0.1) is 0 Å². The van der Waals surface area contributed by atoms with E-state index < -0.39 is 11.9 Å². The second kappa shape index (κ2) is 6.33. The van der Waals surface area contributed by atoms with Crippen LogP contribution in [-0.4, -0.2) is 23.2 Å². The van der Waals surface area contributed by atoms with Crippen LogP contribution < -0.4 is 11.2 Å². The zero-order valence-corrected chi connectivity index (χ0v) is 11.0. The van der Waals surface area contributed by atoms with Crippen LogP contribution in [0.5, 0.6) is 0 Å². The summed E-state index contributed by atoms with van der Waals surface area (Å²) in [5.74, 6) is -1.40. The highest BCUT2D eigenvalue weighted by molar-refractivity contribution is 5.99. The first-order valence-electron chi connectivity index (χ1n) is 6.09. The van der Waals surface area contributed by atoms with Gasteiger partial charge in [0.1, 0.15) is 0 Å². The van der Waals surface area contributed by atoms with Gasteiger partial charge in [0, 0.05) is 5.69 Å². The summed E-state index contributed by atoms with van der Waals surface area (Å²) in [5.41, 5.74) is 9.61. The summed E-state index contributed by atoms with van der Waals surface area (Å²) < 4.78 is 0. The SMILES string of the molecule is Nc1ccccc1C(=O)N/N=C\c1ccc(C(=O)O)cc1. The largest absolute Gasteiger partial charge is 0.478 e. The molecule has 2 aromatic rings. The van der Waals surface area contributed by atoms with Gasteiger partial charge < -0.3 is 10.8 Å². The average molecular weight is 283 g/mol. The highest BCUT2D eigenvalue weighted by Crippen LogP contribution is 2.09. The van der Waals surface area contributed by atoms with Crippen molar-refractivity contribution in [1.29, 1.82) is 0 Å². The number of amides is 1. The Morgan fingerprint density at radius 3 is 2.38 bits per heavy atom. The monoisotopic (exact) mass is 283 g/mol. The predicted molar refractivity (Wildman–Crippen MR) is 79.3 cm³/mol. The molecule has 0 saturated carbocycles. The van der Waals surface area contributed by atoms with Gasteiger partial charge in [-0.25, -0.2) is 10.2 Å². The van der Waals surface area contributed by atoms with Crippen molar-refractivity contribution in [3.05, 3.63) is 65.2 Å². The molecule has 106 valence electrons. The van der Waals surface area contributed by atoms with Gasteiger partial charge in [0.05, 0.1) is 17.3 Å². The Labute approximate surface area is 120 Å². The number of hydrogen-bond donors (Lipinski definition) is 3. The minimum Gasteiger partial charge on any atom is -0.478 e. The summed E-state index contributed by atoms with van der Waals surface area (Å²) in [7, 11) is 0. The van der Waals surface area contributed by atoms with Crippen LogP contribution in [0.15, 0.2) is 53.6 Å². The number of carboxylic acid groups (broad SMARTS) is 1. The maximum absolute atomic E-state index is 11.8. The number of nitrogen functional groups attached to an aromatic ring is 1. The molecule has 6 heteroatoms. The molecule has 2 rings (SSSR count). The molecule has 0 unspecified atom stereocenters. The zero-order valence-electron chi connectivity index (χ0n) is 11.0. The van der Waals surface area contributed by atoms with E-state index in [4.69, 9.17) is 10.8 Å². The summed E-state index contributed by atoms with van der Waals surface area (Å²) in [6.07, 6.45) is 1.42. The third-order valence-electron chi connectivity index (χ3n) is 2.74. The van der Waals surface area contributed by atoms with E-state index >= 15 is 0 Å². The highest BCUT2D eigenvalue weighted by Gasteiger charge is 2.07. The van der Waals surface area contributed by atoms with Crippen molar-refractivity contribution >= 4 is 23.8 Å². The number of carbonyl (C=O) groups excluding carboxylic acids is 1. The molecule has 0 fully saturated rings. The van der Waals surface area contributed by atoms with E-state index in [-0.39, 0.29) is 5.56 Å². The van der Waals surface area contributed by atoms with Gasteiger partial charge in [-0.05, 0) is 29.8 Å².